The molecule has 0 bridgehead atoms. The third-order valence-electron chi connectivity index (χ3n) is 7.22. The van der Waals surface area contributed by atoms with Crippen molar-refractivity contribution >= 4 is 27.9 Å². The van der Waals surface area contributed by atoms with Gasteiger partial charge in [0.05, 0.1) is 6.61 Å². The van der Waals surface area contributed by atoms with Crippen molar-refractivity contribution < 1.29 is 29.3 Å². The van der Waals surface area contributed by atoms with Crippen LogP contribution in [0.4, 0.5) is 5.69 Å². The van der Waals surface area contributed by atoms with Crippen LogP contribution in [0.3, 0.4) is 0 Å². The van der Waals surface area contributed by atoms with Crippen molar-refractivity contribution in [1.29, 1.82) is 5.26 Å². The van der Waals surface area contributed by atoms with Gasteiger partial charge in [0.1, 0.15) is 47.6 Å². The number of nitrogens with zero attached hydrogens (tertiary/aromatic N) is 2. The molecule has 2 heterocycles. The molecule has 1 aromatic heterocycles. The molecule has 2 aromatic carbocycles. The summed E-state index contributed by atoms with van der Waals surface area (Å²) in [5, 5.41) is 44.0. The average molecular weight is 548 g/mol. The first kappa shape index (κ1) is 29.3. The highest BCUT2D eigenvalue weighted by Crippen LogP contribution is 2.31. The smallest absolute Gasteiger partial charge is 0.262 e. The summed E-state index contributed by atoms with van der Waals surface area (Å²) in [5.41, 5.74) is 2.32. The van der Waals surface area contributed by atoms with E-state index in [2.05, 4.69) is 54.4 Å². The minimum atomic E-state index is -1.38. The van der Waals surface area contributed by atoms with E-state index >= 15 is 0 Å². The number of benzene rings is 2. The van der Waals surface area contributed by atoms with Crippen molar-refractivity contribution in [2.24, 2.45) is 0 Å². The van der Waals surface area contributed by atoms with Crippen molar-refractivity contribution in [1.82, 2.24) is 5.32 Å². The Morgan fingerprint density at radius 2 is 1.73 bits per heavy atom. The molecule has 1 fully saturated rings. The fraction of sp³-hybridized carbons (Fsp3) is 0.419. The number of carbonyl (C=O) groups excluding carboxylic acids is 1. The molecule has 40 heavy (non-hydrogen) atoms. The number of amides is 1. The van der Waals surface area contributed by atoms with Crippen LogP contribution in [-0.2, 0) is 9.53 Å². The molecule has 1 aliphatic rings. The molecule has 0 aliphatic carbocycles. The van der Waals surface area contributed by atoms with E-state index < -0.39 is 30.3 Å². The van der Waals surface area contributed by atoms with Gasteiger partial charge in [-0.2, -0.15) is 5.26 Å². The van der Waals surface area contributed by atoms with E-state index in [0.29, 0.717) is 17.1 Å². The standard InChI is InChI=1S/C31H37N3O6/c1-4-12-34(13-5-2)23-9-8-20-14-22(7-6-21(20)15-23)27-11-10-26(40-27)19(3)24(16-32)31(38)33-17-28-30(37)29(36)25(35)18-39-28/h6-11,14-15,25,28-30,35-37H,4-5,12-13,17-18H2,1-3H3,(H,33,38)/b24-19+/t25-,28+,29+,30+/m0/s1. The van der Waals surface area contributed by atoms with E-state index in [4.69, 9.17) is 9.15 Å². The first-order chi connectivity index (χ1) is 19.3. The molecule has 1 aliphatic heterocycles. The maximum absolute atomic E-state index is 12.8. The molecule has 0 saturated carbocycles. The molecule has 9 nitrogen and oxygen atoms in total. The van der Waals surface area contributed by atoms with Gasteiger partial charge >= 0.3 is 0 Å². The van der Waals surface area contributed by atoms with Gasteiger partial charge < -0.3 is 34.7 Å². The Hall–Kier alpha value is -3.68. The van der Waals surface area contributed by atoms with Crippen LogP contribution in [0.5, 0.6) is 0 Å². The summed E-state index contributed by atoms with van der Waals surface area (Å²) in [4.78, 5) is 15.2. The highest BCUT2D eigenvalue weighted by atomic mass is 16.5. The minimum Gasteiger partial charge on any atom is -0.456 e. The minimum absolute atomic E-state index is 0.137. The van der Waals surface area contributed by atoms with Crippen molar-refractivity contribution in [2.75, 3.05) is 31.1 Å². The summed E-state index contributed by atoms with van der Waals surface area (Å²) < 4.78 is 11.4. The van der Waals surface area contributed by atoms with Crippen LogP contribution in [-0.4, -0.2) is 71.9 Å². The molecule has 0 unspecified atom stereocenters. The zero-order valence-electron chi connectivity index (χ0n) is 23.1. The zero-order valence-corrected chi connectivity index (χ0v) is 23.1. The number of nitrogens with one attached hydrogen (secondary N) is 1. The van der Waals surface area contributed by atoms with Gasteiger partial charge in [0.2, 0.25) is 0 Å². The Morgan fingerprint density at radius 3 is 2.42 bits per heavy atom. The number of anilines is 1. The topological polar surface area (TPSA) is 139 Å². The number of rotatable bonds is 10. The lowest BCUT2D eigenvalue weighted by Crippen LogP contribution is -2.56. The fourth-order valence-electron chi connectivity index (χ4n) is 4.94. The van der Waals surface area contributed by atoms with Crippen LogP contribution in [0.1, 0.15) is 39.4 Å². The first-order valence-corrected chi connectivity index (χ1v) is 13.7. The van der Waals surface area contributed by atoms with Crippen LogP contribution in [0, 0.1) is 11.3 Å². The molecule has 1 saturated heterocycles. The number of hydrogen-bond donors (Lipinski definition) is 4. The van der Waals surface area contributed by atoms with Crippen LogP contribution in [0.2, 0.25) is 0 Å². The van der Waals surface area contributed by atoms with Crippen LogP contribution in [0.25, 0.3) is 27.7 Å². The molecule has 4 atom stereocenters. The highest BCUT2D eigenvalue weighted by molar-refractivity contribution is 6.04. The quantitative estimate of drug-likeness (QED) is 0.223. The second-order valence-corrected chi connectivity index (χ2v) is 10.1. The molecular formula is C31H37N3O6. The summed E-state index contributed by atoms with van der Waals surface area (Å²) >= 11 is 0. The highest BCUT2D eigenvalue weighted by Gasteiger charge is 2.37. The largest absolute Gasteiger partial charge is 0.456 e. The molecule has 1 amide bonds. The number of aliphatic hydroxyl groups excluding tert-OH is 3. The van der Waals surface area contributed by atoms with Gasteiger partial charge in [-0.25, -0.2) is 0 Å². The first-order valence-electron chi connectivity index (χ1n) is 13.7. The molecule has 0 radical (unpaired) electrons. The van der Waals surface area contributed by atoms with E-state index in [-0.39, 0.29) is 18.7 Å². The molecular weight excluding hydrogens is 510 g/mol. The van der Waals surface area contributed by atoms with Gasteiger partial charge in [0.25, 0.3) is 5.91 Å². The van der Waals surface area contributed by atoms with Gasteiger partial charge in [-0.3, -0.25) is 4.79 Å². The van der Waals surface area contributed by atoms with Gasteiger partial charge in [-0.15, -0.1) is 0 Å². The Labute approximate surface area is 234 Å². The molecule has 212 valence electrons. The van der Waals surface area contributed by atoms with E-state index in [1.54, 1.807) is 13.0 Å². The summed E-state index contributed by atoms with van der Waals surface area (Å²) in [6.07, 6.45) is -2.68. The molecule has 4 rings (SSSR count). The number of aliphatic hydroxyl groups is 3. The van der Waals surface area contributed by atoms with E-state index in [1.165, 1.54) is 5.69 Å². The Balaban J connectivity index is 1.49. The second-order valence-electron chi connectivity index (χ2n) is 10.1. The number of hydrogen-bond acceptors (Lipinski definition) is 8. The van der Waals surface area contributed by atoms with E-state index in [1.807, 2.05) is 18.2 Å². The molecule has 3 aromatic rings. The van der Waals surface area contributed by atoms with Crippen molar-refractivity contribution in [2.45, 2.75) is 58.0 Å². The Kier molecular flexibility index (Phi) is 9.61. The van der Waals surface area contributed by atoms with Crippen LogP contribution >= 0.6 is 0 Å². The van der Waals surface area contributed by atoms with Crippen molar-refractivity contribution in [3.8, 4) is 17.4 Å². The Bertz CT molecular complexity index is 1400. The normalized spacial score (nSPS) is 21.5. The number of nitriles is 1. The maximum Gasteiger partial charge on any atom is 0.262 e. The third-order valence-corrected chi connectivity index (χ3v) is 7.22. The lowest BCUT2D eigenvalue weighted by molar-refractivity contribution is -0.185. The summed E-state index contributed by atoms with van der Waals surface area (Å²) in [7, 11) is 0. The number of furan rings is 1. The van der Waals surface area contributed by atoms with Crippen molar-refractivity contribution in [3.05, 3.63) is 59.9 Å². The maximum atomic E-state index is 12.8. The van der Waals surface area contributed by atoms with Gasteiger partial charge in [0.15, 0.2) is 0 Å². The second kappa shape index (κ2) is 13.1. The third kappa shape index (κ3) is 6.37. The monoisotopic (exact) mass is 547 g/mol. The fourth-order valence-corrected chi connectivity index (χ4v) is 4.94. The number of ether oxygens (including phenoxy) is 1. The summed E-state index contributed by atoms with van der Waals surface area (Å²) in [6.45, 7) is 7.74. The van der Waals surface area contributed by atoms with E-state index in [0.717, 1.165) is 42.3 Å². The zero-order chi connectivity index (χ0) is 28.8. The summed E-state index contributed by atoms with van der Waals surface area (Å²) in [6, 6.07) is 18.1. The van der Waals surface area contributed by atoms with Crippen LogP contribution < -0.4 is 10.2 Å². The number of allylic oxidation sites excluding steroid dienone is 1. The van der Waals surface area contributed by atoms with Crippen molar-refractivity contribution in [3.63, 3.8) is 0 Å². The summed E-state index contributed by atoms with van der Waals surface area (Å²) in [5.74, 6) is 0.346. The average Bonchev–Trinajstić information content (AvgIpc) is 3.46. The van der Waals surface area contributed by atoms with Gasteiger partial charge in [-0.05, 0) is 60.9 Å². The van der Waals surface area contributed by atoms with Crippen LogP contribution in [0.15, 0.2) is 58.5 Å². The Morgan fingerprint density at radius 1 is 1.02 bits per heavy atom. The molecule has 9 heteroatoms. The van der Waals surface area contributed by atoms with E-state index in [9.17, 15) is 25.4 Å². The predicted octanol–water partition coefficient (Wildman–Crippen LogP) is 3.62. The number of carbonyl (C=O) groups is 1. The lowest BCUT2D eigenvalue weighted by atomic mass is 10.00. The predicted molar refractivity (Wildman–Crippen MR) is 153 cm³/mol. The molecule has 0 spiro atoms. The SMILES string of the molecule is CCCN(CCC)c1ccc2cc(-c3ccc(/C(C)=C(\C#N)C(=O)NC[C@H]4OC[C@H](O)[C@@H](O)[C@@H]4O)o3)ccc2c1. The van der Waals surface area contributed by atoms with Gasteiger partial charge in [0, 0.05) is 36.5 Å². The van der Waals surface area contributed by atoms with Gasteiger partial charge in [-0.1, -0.05) is 32.0 Å². The number of fused-ring (bicyclic) bond motifs is 1. The molecule has 4 N–H and O–H groups in total. The lowest BCUT2D eigenvalue weighted by Gasteiger charge is -2.35.